The molecule has 29 heavy (non-hydrogen) atoms. The van der Waals surface area contributed by atoms with Crippen molar-refractivity contribution in [1.82, 2.24) is 15.5 Å². The van der Waals surface area contributed by atoms with Crippen molar-refractivity contribution in [2.24, 2.45) is 0 Å². The number of nitrogens with zero attached hydrogens (tertiary/aromatic N) is 2. The van der Waals surface area contributed by atoms with Gasteiger partial charge in [0, 0.05) is 11.6 Å². The number of hydrogen-bond acceptors (Lipinski definition) is 5. The first-order valence-corrected chi connectivity index (χ1v) is 9.25. The highest BCUT2D eigenvalue weighted by atomic mass is 16.5. The predicted octanol–water partition coefficient (Wildman–Crippen LogP) is 4.80. The lowest BCUT2D eigenvalue weighted by Crippen LogP contribution is -2.29. The zero-order chi connectivity index (χ0) is 19.8. The van der Waals surface area contributed by atoms with E-state index in [2.05, 4.69) is 15.5 Å². The van der Waals surface area contributed by atoms with Crippen LogP contribution < -0.4 is 5.32 Å². The van der Waals surface area contributed by atoms with Crippen molar-refractivity contribution in [3.63, 3.8) is 0 Å². The lowest BCUT2D eigenvalue weighted by molar-refractivity contribution is 0.0939. The largest absolute Gasteiger partial charge is 0.459 e. The van der Waals surface area contributed by atoms with Crippen LogP contribution in [0.25, 0.3) is 22.1 Å². The number of pyridine rings is 1. The van der Waals surface area contributed by atoms with Crippen LogP contribution in [0, 0.1) is 6.92 Å². The van der Waals surface area contributed by atoms with Gasteiger partial charge in [-0.25, -0.2) is 4.98 Å². The molecular weight excluding hydrogens is 366 g/mol. The first-order chi connectivity index (χ1) is 14.2. The maximum atomic E-state index is 13.0. The molecule has 0 aliphatic carbocycles. The number of aromatic nitrogens is 2. The topological polar surface area (TPSA) is 81.2 Å². The van der Waals surface area contributed by atoms with E-state index in [4.69, 9.17) is 8.94 Å². The zero-order valence-electron chi connectivity index (χ0n) is 15.6. The number of nitrogens with one attached hydrogen (secondary N) is 1. The van der Waals surface area contributed by atoms with Gasteiger partial charge in [0.25, 0.3) is 11.6 Å². The lowest BCUT2D eigenvalue weighted by atomic mass is 10.0. The van der Waals surface area contributed by atoms with Crippen LogP contribution in [0.5, 0.6) is 0 Å². The van der Waals surface area contributed by atoms with Crippen molar-refractivity contribution < 1.29 is 13.7 Å². The second-order valence-electron chi connectivity index (χ2n) is 6.85. The molecule has 0 bridgehead atoms. The minimum atomic E-state index is -0.435. The van der Waals surface area contributed by atoms with Crippen LogP contribution in [-0.4, -0.2) is 16.0 Å². The van der Waals surface area contributed by atoms with Gasteiger partial charge < -0.3 is 14.3 Å². The third kappa shape index (κ3) is 3.14. The Hall–Kier alpha value is -3.93. The summed E-state index contributed by atoms with van der Waals surface area (Å²) in [5, 5.41) is 8.68. The average Bonchev–Trinajstić information content (AvgIpc) is 3.35. The monoisotopic (exact) mass is 383 g/mol. The number of aryl methyl sites for hydroxylation is 1. The lowest BCUT2D eigenvalue weighted by Gasteiger charge is -2.17. The van der Waals surface area contributed by atoms with Crippen molar-refractivity contribution in [3.8, 4) is 0 Å². The molecule has 0 saturated carbocycles. The fourth-order valence-electron chi connectivity index (χ4n) is 3.39. The highest BCUT2D eigenvalue weighted by Gasteiger charge is 2.22. The highest BCUT2D eigenvalue weighted by molar-refractivity contribution is 5.97. The number of para-hydroxylation sites is 1. The van der Waals surface area contributed by atoms with E-state index in [9.17, 15) is 4.79 Å². The van der Waals surface area contributed by atoms with E-state index >= 15 is 0 Å². The van der Waals surface area contributed by atoms with Gasteiger partial charge in [0.2, 0.25) is 0 Å². The van der Waals surface area contributed by atoms with Gasteiger partial charge in [0.15, 0.2) is 0 Å². The van der Waals surface area contributed by atoms with Gasteiger partial charge in [-0.15, -0.1) is 0 Å². The minimum Gasteiger partial charge on any atom is -0.459 e. The SMILES string of the molecule is Cc1noc2ncc(C(=O)NC(c3ccccc3)c3cc4ccccc4o3)cc12. The molecule has 2 aromatic carbocycles. The quantitative estimate of drug-likeness (QED) is 0.482. The summed E-state index contributed by atoms with van der Waals surface area (Å²) in [5.41, 5.74) is 3.24. The van der Waals surface area contributed by atoms with Crippen molar-refractivity contribution >= 4 is 28.0 Å². The maximum Gasteiger partial charge on any atom is 0.257 e. The first kappa shape index (κ1) is 17.2. The van der Waals surface area contributed by atoms with E-state index in [0.29, 0.717) is 22.7 Å². The molecular formula is C23H17N3O3. The number of fused-ring (bicyclic) bond motifs is 2. The zero-order valence-corrected chi connectivity index (χ0v) is 15.6. The molecule has 1 amide bonds. The van der Waals surface area contributed by atoms with Crippen LogP contribution in [0.1, 0.15) is 33.4 Å². The molecule has 0 spiro atoms. The van der Waals surface area contributed by atoms with Gasteiger partial charge >= 0.3 is 0 Å². The van der Waals surface area contributed by atoms with E-state index in [1.165, 1.54) is 6.20 Å². The van der Waals surface area contributed by atoms with Gasteiger partial charge in [-0.3, -0.25) is 4.79 Å². The Bertz CT molecular complexity index is 1290. The van der Waals surface area contributed by atoms with E-state index in [0.717, 1.165) is 21.9 Å². The molecule has 142 valence electrons. The number of rotatable bonds is 4. The number of carbonyl (C=O) groups excluding carboxylic acids is 1. The molecule has 0 aliphatic heterocycles. The molecule has 6 nitrogen and oxygen atoms in total. The Labute approximate surface area is 166 Å². The Morgan fingerprint density at radius 1 is 1.03 bits per heavy atom. The van der Waals surface area contributed by atoms with Gasteiger partial charge in [-0.05, 0) is 30.7 Å². The number of hydrogen-bond donors (Lipinski definition) is 1. The summed E-state index contributed by atoms with van der Waals surface area (Å²) in [6.45, 7) is 1.82. The van der Waals surface area contributed by atoms with Gasteiger partial charge in [-0.1, -0.05) is 53.7 Å². The van der Waals surface area contributed by atoms with Crippen molar-refractivity contribution in [2.75, 3.05) is 0 Å². The molecule has 0 aliphatic rings. The number of furan rings is 1. The molecule has 3 aromatic heterocycles. The Morgan fingerprint density at radius 3 is 2.66 bits per heavy atom. The fraction of sp³-hybridized carbons (Fsp3) is 0.0870. The maximum absolute atomic E-state index is 13.0. The number of amides is 1. The van der Waals surface area contributed by atoms with Gasteiger partial charge in [0.05, 0.1) is 16.6 Å². The number of carbonyl (C=O) groups is 1. The molecule has 1 unspecified atom stereocenters. The molecule has 0 saturated heterocycles. The van der Waals surface area contributed by atoms with Crippen LogP contribution in [-0.2, 0) is 0 Å². The second-order valence-corrected chi connectivity index (χ2v) is 6.85. The third-order valence-electron chi connectivity index (χ3n) is 4.91. The molecule has 5 aromatic rings. The van der Waals surface area contributed by atoms with Crippen LogP contribution in [0.15, 0.2) is 81.9 Å². The predicted molar refractivity (Wildman–Crippen MR) is 109 cm³/mol. The van der Waals surface area contributed by atoms with Crippen LogP contribution in [0.3, 0.4) is 0 Å². The van der Waals surface area contributed by atoms with Crippen LogP contribution in [0.2, 0.25) is 0 Å². The first-order valence-electron chi connectivity index (χ1n) is 9.25. The Kier molecular flexibility index (Phi) is 4.09. The summed E-state index contributed by atoms with van der Waals surface area (Å²) in [6, 6.07) is 20.8. The molecule has 1 N–H and O–H groups in total. The average molecular weight is 383 g/mol. The normalized spacial score (nSPS) is 12.3. The molecule has 0 radical (unpaired) electrons. The Balaban J connectivity index is 1.53. The molecule has 1 atom stereocenters. The third-order valence-corrected chi connectivity index (χ3v) is 4.91. The molecule has 3 heterocycles. The summed E-state index contributed by atoms with van der Waals surface area (Å²) >= 11 is 0. The summed E-state index contributed by atoms with van der Waals surface area (Å²) < 4.78 is 11.2. The molecule has 5 rings (SSSR count). The van der Waals surface area contributed by atoms with Gasteiger partial charge in [-0.2, -0.15) is 0 Å². The standard InChI is InChI=1S/C23H17N3O3/c1-14-18-11-17(13-24-23(18)29-26-14)22(27)25-21(15-7-3-2-4-8-15)20-12-16-9-5-6-10-19(16)28-20/h2-13,21H,1H3,(H,25,27). The summed E-state index contributed by atoms with van der Waals surface area (Å²) in [5.74, 6) is 0.412. The number of benzene rings is 2. The van der Waals surface area contributed by atoms with Crippen LogP contribution in [0.4, 0.5) is 0 Å². The van der Waals surface area contributed by atoms with E-state index in [1.807, 2.05) is 67.6 Å². The van der Waals surface area contributed by atoms with Crippen molar-refractivity contribution in [2.45, 2.75) is 13.0 Å². The smallest absolute Gasteiger partial charge is 0.257 e. The van der Waals surface area contributed by atoms with Crippen LogP contribution >= 0.6 is 0 Å². The molecule has 6 heteroatoms. The molecule has 0 fully saturated rings. The van der Waals surface area contributed by atoms with E-state index in [1.54, 1.807) is 6.07 Å². The van der Waals surface area contributed by atoms with E-state index in [-0.39, 0.29) is 5.91 Å². The minimum absolute atomic E-state index is 0.255. The highest BCUT2D eigenvalue weighted by Crippen LogP contribution is 2.29. The fourth-order valence-corrected chi connectivity index (χ4v) is 3.39. The van der Waals surface area contributed by atoms with Gasteiger partial charge in [0.1, 0.15) is 17.4 Å². The second kappa shape index (κ2) is 6.91. The summed E-state index contributed by atoms with van der Waals surface area (Å²) in [7, 11) is 0. The Morgan fingerprint density at radius 2 is 1.83 bits per heavy atom. The van der Waals surface area contributed by atoms with Crippen molar-refractivity contribution in [3.05, 3.63) is 95.5 Å². The summed E-state index contributed by atoms with van der Waals surface area (Å²) in [6.07, 6.45) is 1.49. The summed E-state index contributed by atoms with van der Waals surface area (Å²) in [4.78, 5) is 17.2. The van der Waals surface area contributed by atoms with Crippen molar-refractivity contribution in [1.29, 1.82) is 0 Å². The van der Waals surface area contributed by atoms with E-state index < -0.39 is 6.04 Å².